The summed E-state index contributed by atoms with van der Waals surface area (Å²) in [6.45, 7) is 2.09. The minimum atomic E-state index is -4.38. The van der Waals surface area contributed by atoms with E-state index in [9.17, 15) is 13.2 Å². The minimum Gasteiger partial charge on any atom is -0.342 e. The second kappa shape index (κ2) is 7.53. The number of halogens is 3. The smallest absolute Gasteiger partial charge is 0.342 e. The van der Waals surface area contributed by atoms with E-state index in [-0.39, 0.29) is 12.0 Å². The summed E-state index contributed by atoms with van der Waals surface area (Å²) < 4.78 is 39.7. The van der Waals surface area contributed by atoms with Crippen molar-refractivity contribution >= 4 is 17.2 Å². The molecule has 3 rings (SSSR count). The van der Waals surface area contributed by atoms with Gasteiger partial charge < -0.3 is 5.32 Å². The van der Waals surface area contributed by atoms with E-state index >= 15 is 0 Å². The van der Waals surface area contributed by atoms with Gasteiger partial charge in [0.05, 0.1) is 12.1 Å². The van der Waals surface area contributed by atoms with Gasteiger partial charge in [-0.2, -0.15) is 13.2 Å². The minimum absolute atomic E-state index is 0.192. The molecule has 6 heteroatoms. The number of anilines is 1. The van der Waals surface area contributed by atoms with Crippen molar-refractivity contribution in [3.63, 3.8) is 0 Å². The number of rotatable bonds is 2. The van der Waals surface area contributed by atoms with Crippen molar-refractivity contribution in [2.75, 3.05) is 11.9 Å². The molecule has 0 bridgehead atoms. The molecule has 0 amide bonds. The summed E-state index contributed by atoms with van der Waals surface area (Å²) >= 11 is 0. The normalized spacial score (nSPS) is 21.2. The summed E-state index contributed by atoms with van der Waals surface area (Å²) in [7, 11) is 0. The summed E-state index contributed by atoms with van der Waals surface area (Å²) in [6.07, 6.45) is 6.27. The molecule has 1 saturated carbocycles. The molecule has 1 unspecified atom stereocenters. The highest BCUT2D eigenvalue weighted by Crippen LogP contribution is 2.36. The Kier molecular flexibility index (Phi) is 5.36. The second-order valence-electron chi connectivity index (χ2n) is 6.84. The first-order chi connectivity index (χ1) is 12.4. The van der Waals surface area contributed by atoms with Crippen molar-refractivity contribution in [1.29, 1.82) is 0 Å². The molecule has 1 fully saturated rings. The molecular formula is C20H22F3N3. The maximum atomic E-state index is 13.2. The third-order valence-corrected chi connectivity index (χ3v) is 4.88. The number of nitrogens with zero attached hydrogens (tertiary/aromatic N) is 2. The summed E-state index contributed by atoms with van der Waals surface area (Å²) in [5.74, 6) is 3.31. The van der Waals surface area contributed by atoms with E-state index in [1.54, 1.807) is 6.92 Å². The Hall–Kier alpha value is -2.29. The molecule has 1 aromatic carbocycles. The van der Waals surface area contributed by atoms with Crippen LogP contribution in [0.15, 0.2) is 28.2 Å². The molecular weight excluding hydrogens is 339 g/mol. The topological polar surface area (TPSA) is 36.8 Å². The number of alkyl halides is 3. The van der Waals surface area contributed by atoms with Gasteiger partial charge in [0.2, 0.25) is 0 Å². The number of nitrogens with one attached hydrogen (secondary N) is 1. The molecule has 0 aromatic heterocycles. The van der Waals surface area contributed by atoms with E-state index in [4.69, 9.17) is 6.42 Å². The number of amidine groups is 1. The third-order valence-electron chi connectivity index (χ3n) is 4.88. The lowest BCUT2D eigenvalue weighted by molar-refractivity contribution is -0.137. The monoisotopic (exact) mass is 361 g/mol. The van der Waals surface area contributed by atoms with Gasteiger partial charge in [-0.25, -0.2) is 0 Å². The van der Waals surface area contributed by atoms with Gasteiger partial charge in [0, 0.05) is 22.9 Å². The summed E-state index contributed by atoms with van der Waals surface area (Å²) in [5.41, 5.74) is 1.25. The Balaban J connectivity index is 2.06. The largest absolute Gasteiger partial charge is 0.416 e. The quantitative estimate of drug-likeness (QED) is 0.746. The molecule has 1 atom stereocenters. The highest BCUT2D eigenvalue weighted by molar-refractivity contribution is 6.13. The van der Waals surface area contributed by atoms with Crippen molar-refractivity contribution in [2.24, 2.45) is 15.9 Å². The lowest BCUT2D eigenvalue weighted by Gasteiger charge is -2.24. The molecule has 138 valence electrons. The lowest BCUT2D eigenvalue weighted by Crippen LogP contribution is -2.20. The van der Waals surface area contributed by atoms with Crippen LogP contribution in [-0.4, -0.2) is 24.1 Å². The molecule has 1 N–H and O–H groups in total. The van der Waals surface area contributed by atoms with Crippen LogP contribution in [0.25, 0.3) is 0 Å². The van der Waals surface area contributed by atoms with Gasteiger partial charge in [-0.05, 0) is 38.0 Å². The fourth-order valence-electron chi connectivity index (χ4n) is 3.55. The molecule has 0 spiro atoms. The first-order valence-corrected chi connectivity index (χ1v) is 8.94. The van der Waals surface area contributed by atoms with Gasteiger partial charge >= 0.3 is 6.18 Å². The SMILES string of the molecule is C#CC(C)N=C1CN=C(C2CCCCC2)c2cc(C(F)(F)F)ccc2N1. The predicted octanol–water partition coefficient (Wildman–Crippen LogP) is 4.92. The van der Waals surface area contributed by atoms with Crippen LogP contribution in [0.5, 0.6) is 0 Å². The van der Waals surface area contributed by atoms with E-state index in [0.29, 0.717) is 23.6 Å². The number of hydrogen-bond acceptors (Lipinski definition) is 2. The first-order valence-electron chi connectivity index (χ1n) is 8.94. The van der Waals surface area contributed by atoms with E-state index in [1.165, 1.54) is 18.6 Å². The van der Waals surface area contributed by atoms with E-state index in [0.717, 1.165) is 37.5 Å². The summed E-state index contributed by atoms with van der Waals surface area (Å²) in [6, 6.07) is 3.46. The average Bonchev–Trinajstić information content (AvgIpc) is 2.80. The zero-order valence-corrected chi connectivity index (χ0v) is 14.7. The van der Waals surface area contributed by atoms with Crippen molar-refractivity contribution in [3.8, 4) is 12.3 Å². The van der Waals surface area contributed by atoms with E-state index in [1.807, 2.05) is 0 Å². The molecule has 1 heterocycles. The Morgan fingerprint density at radius 2 is 2.00 bits per heavy atom. The van der Waals surface area contributed by atoms with Crippen molar-refractivity contribution in [1.82, 2.24) is 0 Å². The molecule has 1 aromatic rings. The highest BCUT2D eigenvalue weighted by Gasteiger charge is 2.33. The lowest BCUT2D eigenvalue weighted by atomic mass is 9.82. The number of terminal acetylenes is 1. The maximum absolute atomic E-state index is 13.2. The molecule has 0 radical (unpaired) electrons. The Morgan fingerprint density at radius 3 is 2.65 bits per heavy atom. The highest BCUT2D eigenvalue weighted by atomic mass is 19.4. The van der Waals surface area contributed by atoms with Gasteiger partial charge in [0.25, 0.3) is 0 Å². The number of benzodiazepines with no additional fused rings is 1. The predicted molar refractivity (Wildman–Crippen MR) is 98.8 cm³/mol. The van der Waals surface area contributed by atoms with Crippen LogP contribution >= 0.6 is 0 Å². The number of benzene rings is 1. The van der Waals surface area contributed by atoms with Crippen LogP contribution < -0.4 is 5.32 Å². The molecule has 26 heavy (non-hydrogen) atoms. The zero-order valence-electron chi connectivity index (χ0n) is 14.7. The second-order valence-corrected chi connectivity index (χ2v) is 6.84. The molecule has 2 aliphatic rings. The molecule has 0 saturated heterocycles. The van der Waals surface area contributed by atoms with E-state index < -0.39 is 11.7 Å². The average molecular weight is 361 g/mol. The molecule has 3 nitrogen and oxygen atoms in total. The molecule has 1 aliphatic heterocycles. The number of aliphatic imine (C=N–C) groups is 2. The fraction of sp³-hybridized carbons (Fsp3) is 0.500. The fourth-order valence-corrected chi connectivity index (χ4v) is 3.55. The van der Waals surface area contributed by atoms with Gasteiger partial charge in [-0.15, -0.1) is 6.42 Å². The van der Waals surface area contributed by atoms with E-state index in [2.05, 4.69) is 21.2 Å². The molecule has 1 aliphatic carbocycles. The summed E-state index contributed by atoms with van der Waals surface area (Å²) in [4.78, 5) is 9.07. The van der Waals surface area contributed by atoms with Crippen molar-refractivity contribution in [3.05, 3.63) is 29.3 Å². The first kappa shape index (κ1) is 18.5. The Bertz CT molecular complexity index is 765. The van der Waals surface area contributed by atoms with Crippen LogP contribution in [0.4, 0.5) is 18.9 Å². The van der Waals surface area contributed by atoms with Crippen LogP contribution in [0, 0.1) is 18.3 Å². The Morgan fingerprint density at radius 1 is 1.27 bits per heavy atom. The van der Waals surface area contributed by atoms with Gasteiger partial charge in [0.1, 0.15) is 11.9 Å². The van der Waals surface area contributed by atoms with Crippen LogP contribution in [0.2, 0.25) is 0 Å². The maximum Gasteiger partial charge on any atom is 0.416 e. The third kappa shape index (κ3) is 4.09. The van der Waals surface area contributed by atoms with Gasteiger partial charge in [-0.3, -0.25) is 9.98 Å². The van der Waals surface area contributed by atoms with Crippen LogP contribution in [-0.2, 0) is 6.18 Å². The van der Waals surface area contributed by atoms with Crippen molar-refractivity contribution in [2.45, 2.75) is 51.2 Å². The number of hydrogen-bond donors (Lipinski definition) is 1. The number of fused-ring (bicyclic) bond motifs is 1. The summed E-state index contributed by atoms with van der Waals surface area (Å²) in [5, 5.41) is 3.14. The van der Waals surface area contributed by atoms with Crippen molar-refractivity contribution < 1.29 is 13.2 Å². The van der Waals surface area contributed by atoms with Gasteiger partial charge in [0.15, 0.2) is 0 Å². The van der Waals surface area contributed by atoms with Gasteiger partial charge in [-0.1, -0.05) is 25.2 Å². The zero-order chi connectivity index (χ0) is 18.7. The van der Waals surface area contributed by atoms with Crippen LogP contribution in [0.3, 0.4) is 0 Å². The standard InChI is InChI=1S/C20H22F3N3/c1-3-13(2)25-18-12-24-19(14-7-5-4-6-8-14)16-11-15(20(21,22)23)9-10-17(16)26-18/h1,9-11,13-14H,4-8,12H2,2H3,(H,25,26). The van der Waals surface area contributed by atoms with Crippen LogP contribution in [0.1, 0.15) is 50.2 Å². The Labute approximate surface area is 151 Å².